The van der Waals surface area contributed by atoms with E-state index in [0.29, 0.717) is 18.2 Å². The van der Waals surface area contributed by atoms with Crippen LogP contribution >= 0.6 is 0 Å². The first kappa shape index (κ1) is 21.2. The van der Waals surface area contributed by atoms with E-state index in [1.807, 2.05) is 18.2 Å². The number of likely N-dealkylation sites (N-methyl/N-ethyl adjacent to an activating group) is 1. The average molecular weight is 374 g/mol. The van der Waals surface area contributed by atoms with Gasteiger partial charge in [0.05, 0.1) is 0 Å². The van der Waals surface area contributed by atoms with Crippen molar-refractivity contribution in [2.24, 2.45) is 4.99 Å². The van der Waals surface area contributed by atoms with Crippen LogP contribution in [0.5, 0.6) is 0 Å². The number of benzene rings is 1. The summed E-state index contributed by atoms with van der Waals surface area (Å²) in [5.41, 5.74) is 1.84. The van der Waals surface area contributed by atoms with Gasteiger partial charge in [-0.1, -0.05) is 26.0 Å². The molecule has 0 spiro atoms. The zero-order chi connectivity index (χ0) is 19.6. The lowest BCUT2D eigenvalue weighted by Gasteiger charge is -2.27. The molecule has 0 aliphatic carbocycles. The molecule has 150 valence electrons. The highest BCUT2D eigenvalue weighted by atomic mass is 16.1. The maximum Gasteiger partial charge on any atom is 0.251 e. The molecule has 27 heavy (non-hydrogen) atoms. The molecule has 1 unspecified atom stereocenters. The number of nitrogens with zero attached hydrogens (tertiary/aromatic N) is 3. The Bertz CT molecular complexity index is 627. The second-order valence-corrected chi connectivity index (χ2v) is 6.87. The zero-order valence-corrected chi connectivity index (χ0v) is 17.3. The van der Waals surface area contributed by atoms with Gasteiger partial charge in [0.25, 0.3) is 5.91 Å². The van der Waals surface area contributed by atoms with Crippen LogP contribution in [0.4, 0.5) is 0 Å². The molecule has 1 aromatic rings. The Labute approximate surface area is 164 Å². The molecule has 0 saturated carbocycles. The highest BCUT2D eigenvalue weighted by molar-refractivity contribution is 5.94. The molecule has 1 heterocycles. The Morgan fingerprint density at radius 3 is 2.74 bits per heavy atom. The Hall–Kier alpha value is -2.08. The van der Waals surface area contributed by atoms with Crippen LogP contribution < -0.4 is 10.6 Å². The molecule has 1 atom stereocenters. The first-order valence-corrected chi connectivity index (χ1v) is 10.2. The van der Waals surface area contributed by atoms with Crippen LogP contribution in [0.3, 0.4) is 0 Å². The molecular formula is C21H35N5O. The number of carbonyl (C=O) groups excluding carboxylic acids is 1. The summed E-state index contributed by atoms with van der Waals surface area (Å²) in [5.74, 6) is 0.961. The minimum absolute atomic E-state index is 0.0480. The van der Waals surface area contributed by atoms with Gasteiger partial charge >= 0.3 is 0 Å². The predicted molar refractivity (Wildman–Crippen MR) is 112 cm³/mol. The Balaban J connectivity index is 1.97. The molecule has 0 radical (unpaired) electrons. The van der Waals surface area contributed by atoms with Crippen LogP contribution in [-0.4, -0.2) is 74.0 Å². The van der Waals surface area contributed by atoms with E-state index >= 15 is 0 Å². The molecular weight excluding hydrogens is 338 g/mol. The minimum atomic E-state index is -0.0480. The fourth-order valence-corrected chi connectivity index (χ4v) is 3.70. The lowest BCUT2D eigenvalue weighted by atomic mass is 10.1. The van der Waals surface area contributed by atoms with Gasteiger partial charge < -0.3 is 15.5 Å². The van der Waals surface area contributed by atoms with Crippen molar-refractivity contribution in [3.8, 4) is 0 Å². The van der Waals surface area contributed by atoms with Gasteiger partial charge in [-0.25, -0.2) is 0 Å². The van der Waals surface area contributed by atoms with Crippen LogP contribution in [0, 0.1) is 0 Å². The van der Waals surface area contributed by atoms with Crippen LogP contribution in [0.1, 0.15) is 43.1 Å². The monoisotopic (exact) mass is 373 g/mol. The van der Waals surface area contributed by atoms with E-state index in [-0.39, 0.29) is 5.91 Å². The van der Waals surface area contributed by atoms with Crippen molar-refractivity contribution < 1.29 is 4.79 Å². The summed E-state index contributed by atoms with van der Waals surface area (Å²) < 4.78 is 0. The topological polar surface area (TPSA) is 60.0 Å². The van der Waals surface area contributed by atoms with E-state index in [1.165, 1.54) is 6.42 Å². The van der Waals surface area contributed by atoms with Gasteiger partial charge in [-0.15, -0.1) is 0 Å². The van der Waals surface area contributed by atoms with E-state index < -0.39 is 0 Å². The van der Waals surface area contributed by atoms with Gasteiger partial charge in [0.1, 0.15) is 0 Å². The van der Waals surface area contributed by atoms with Crippen molar-refractivity contribution in [1.82, 2.24) is 20.4 Å². The average Bonchev–Trinajstić information content (AvgIpc) is 3.17. The van der Waals surface area contributed by atoms with Gasteiger partial charge in [-0.05, 0) is 50.6 Å². The summed E-state index contributed by atoms with van der Waals surface area (Å²) in [6, 6.07) is 8.40. The fraction of sp³-hybridized carbons (Fsp3) is 0.619. The van der Waals surface area contributed by atoms with Gasteiger partial charge in [-0.2, -0.15) is 0 Å². The summed E-state index contributed by atoms with van der Waals surface area (Å²) in [7, 11) is 1.66. The van der Waals surface area contributed by atoms with Crippen LogP contribution in [0.2, 0.25) is 0 Å². The van der Waals surface area contributed by atoms with Crippen molar-refractivity contribution in [3.05, 3.63) is 35.4 Å². The van der Waals surface area contributed by atoms with Crippen LogP contribution in [0.25, 0.3) is 0 Å². The number of amides is 1. The SMILES string of the molecule is CCNC(=NCCc1cccc(C(=O)NC)c1)N1CCC(N(CC)CC)C1. The Morgan fingerprint density at radius 1 is 1.30 bits per heavy atom. The second kappa shape index (κ2) is 10.9. The Morgan fingerprint density at radius 2 is 2.07 bits per heavy atom. The third-order valence-corrected chi connectivity index (χ3v) is 5.20. The standard InChI is InChI=1S/C21H35N5O/c1-5-23-21(26-14-12-19(16-26)25(6-2)7-3)24-13-11-17-9-8-10-18(15-17)20(27)22-4/h8-10,15,19H,5-7,11-14,16H2,1-4H3,(H,22,27)(H,23,24). The molecule has 6 nitrogen and oxygen atoms in total. The molecule has 2 rings (SSSR count). The Kier molecular flexibility index (Phi) is 8.58. The minimum Gasteiger partial charge on any atom is -0.357 e. The number of hydrogen-bond donors (Lipinski definition) is 2. The third kappa shape index (κ3) is 5.96. The lowest BCUT2D eigenvalue weighted by molar-refractivity contribution is 0.0963. The molecule has 1 fully saturated rings. The van der Waals surface area contributed by atoms with Crippen molar-refractivity contribution >= 4 is 11.9 Å². The molecule has 1 amide bonds. The number of carbonyl (C=O) groups is 1. The summed E-state index contributed by atoms with van der Waals surface area (Å²) >= 11 is 0. The molecule has 2 N–H and O–H groups in total. The number of likely N-dealkylation sites (tertiary alicyclic amines) is 1. The summed E-state index contributed by atoms with van der Waals surface area (Å²) in [6.07, 6.45) is 2.02. The van der Waals surface area contributed by atoms with Crippen molar-refractivity contribution in [2.75, 3.05) is 46.3 Å². The lowest BCUT2D eigenvalue weighted by Crippen LogP contribution is -2.43. The van der Waals surface area contributed by atoms with Crippen molar-refractivity contribution in [1.29, 1.82) is 0 Å². The first-order valence-electron chi connectivity index (χ1n) is 10.2. The largest absolute Gasteiger partial charge is 0.357 e. The van der Waals surface area contributed by atoms with Gasteiger partial charge in [0.2, 0.25) is 0 Å². The zero-order valence-electron chi connectivity index (χ0n) is 17.3. The highest BCUT2D eigenvalue weighted by Gasteiger charge is 2.27. The number of aliphatic imine (C=N–C) groups is 1. The van der Waals surface area contributed by atoms with E-state index in [2.05, 4.69) is 47.3 Å². The molecule has 1 aromatic carbocycles. The molecule has 6 heteroatoms. The quantitative estimate of drug-likeness (QED) is 0.540. The number of guanidine groups is 1. The molecule has 1 aliphatic rings. The van der Waals surface area contributed by atoms with Gasteiger partial charge in [0.15, 0.2) is 5.96 Å². The maximum absolute atomic E-state index is 11.8. The number of rotatable bonds is 8. The van der Waals surface area contributed by atoms with E-state index in [0.717, 1.165) is 50.7 Å². The third-order valence-electron chi connectivity index (χ3n) is 5.20. The van der Waals surface area contributed by atoms with Gasteiger partial charge in [-0.3, -0.25) is 14.7 Å². The number of nitrogens with one attached hydrogen (secondary N) is 2. The van der Waals surface area contributed by atoms with Crippen LogP contribution in [0.15, 0.2) is 29.3 Å². The summed E-state index contributed by atoms with van der Waals surface area (Å²) in [6.45, 7) is 12.5. The highest BCUT2D eigenvalue weighted by Crippen LogP contribution is 2.15. The first-order chi connectivity index (χ1) is 13.1. The molecule has 1 aliphatic heterocycles. The van der Waals surface area contributed by atoms with E-state index in [1.54, 1.807) is 7.05 Å². The summed E-state index contributed by atoms with van der Waals surface area (Å²) in [5, 5.41) is 6.11. The predicted octanol–water partition coefficient (Wildman–Crippen LogP) is 1.97. The normalized spacial score (nSPS) is 17.4. The van der Waals surface area contributed by atoms with Crippen molar-refractivity contribution in [3.63, 3.8) is 0 Å². The molecule has 0 bridgehead atoms. The smallest absolute Gasteiger partial charge is 0.251 e. The van der Waals surface area contributed by atoms with E-state index in [9.17, 15) is 4.79 Å². The second-order valence-electron chi connectivity index (χ2n) is 6.87. The van der Waals surface area contributed by atoms with Crippen molar-refractivity contribution in [2.45, 2.75) is 39.7 Å². The molecule has 0 aromatic heterocycles. The van der Waals surface area contributed by atoms with Crippen LogP contribution in [-0.2, 0) is 6.42 Å². The fourth-order valence-electron chi connectivity index (χ4n) is 3.70. The molecule has 1 saturated heterocycles. The maximum atomic E-state index is 11.8. The van der Waals surface area contributed by atoms with E-state index in [4.69, 9.17) is 4.99 Å². The summed E-state index contributed by atoms with van der Waals surface area (Å²) in [4.78, 5) is 21.5. The number of hydrogen-bond acceptors (Lipinski definition) is 3. The van der Waals surface area contributed by atoms with Gasteiger partial charge in [0, 0.05) is 44.8 Å².